The minimum atomic E-state index is -4.26. The van der Waals surface area contributed by atoms with Crippen molar-refractivity contribution < 1.29 is 23.1 Å². The van der Waals surface area contributed by atoms with E-state index in [1.165, 1.54) is 12.1 Å². The number of para-hydroxylation sites is 1. The van der Waals surface area contributed by atoms with E-state index in [0.29, 0.717) is 11.1 Å². The molecule has 3 nitrogen and oxygen atoms in total. The molecule has 6 heteroatoms. The van der Waals surface area contributed by atoms with Gasteiger partial charge in [0.15, 0.2) is 6.10 Å². The van der Waals surface area contributed by atoms with Gasteiger partial charge in [-0.05, 0) is 23.6 Å². The number of aliphatic hydroxyl groups is 1. The zero-order valence-corrected chi connectivity index (χ0v) is 12.2. The summed E-state index contributed by atoms with van der Waals surface area (Å²) in [5.41, 5.74) is 1.06. The quantitative estimate of drug-likeness (QED) is 0.878. The first-order chi connectivity index (χ1) is 10.9. The van der Waals surface area contributed by atoms with E-state index >= 15 is 0 Å². The second kappa shape index (κ2) is 7.28. The highest BCUT2D eigenvalue weighted by Crippen LogP contribution is 2.26. The van der Waals surface area contributed by atoms with Crippen LogP contribution in [0.5, 0.6) is 0 Å². The van der Waals surface area contributed by atoms with Gasteiger partial charge in [0.25, 0.3) is 5.91 Å². The topological polar surface area (TPSA) is 49.3 Å². The summed E-state index contributed by atoms with van der Waals surface area (Å²) in [6.45, 7) is 0. The smallest absolute Gasteiger partial charge is 0.378 e. The molecule has 0 saturated carbocycles. The van der Waals surface area contributed by atoms with Crippen LogP contribution in [-0.2, 0) is 11.2 Å². The number of nitrogens with one attached hydrogen (secondary N) is 1. The predicted octanol–water partition coefficient (Wildman–Crippen LogP) is 3.85. The van der Waals surface area contributed by atoms with Crippen molar-refractivity contribution in [3.63, 3.8) is 0 Å². The molecule has 2 N–H and O–H groups in total. The van der Waals surface area contributed by atoms with Crippen LogP contribution in [0.2, 0.25) is 0 Å². The Balaban J connectivity index is 2.09. The molecule has 0 aliphatic heterocycles. The highest BCUT2D eigenvalue weighted by molar-refractivity contribution is 5.95. The SMILES string of the molecule is O=C(Nc1ccccc1CCC(F)(F)F)C(O)c1ccccc1. The van der Waals surface area contributed by atoms with Gasteiger partial charge in [-0.3, -0.25) is 4.79 Å². The maximum atomic E-state index is 12.4. The van der Waals surface area contributed by atoms with Crippen molar-refractivity contribution in [2.45, 2.75) is 25.1 Å². The molecule has 2 aromatic rings. The van der Waals surface area contributed by atoms with Crippen molar-refractivity contribution in [3.8, 4) is 0 Å². The maximum absolute atomic E-state index is 12.4. The molecule has 0 aliphatic carbocycles. The fraction of sp³-hybridized carbons (Fsp3) is 0.235. The van der Waals surface area contributed by atoms with Crippen LogP contribution in [0.4, 0.5) is 18.9 Å². The number of benzene rings is 2. The van der Waals surface area contributed by atoms with E-state index in [9.17, 15) is 23.1 Å². The Labute approximate surface area is 131 Å². The van der Waals surface area contributed by atoms with E-state index in [1.54, 1.807) is 42.5 Å². The van der Waals surface area contributed by atoms with Crippen LogP contribution in [0.3, 0.4) is 0 Å². The number of anilines is 1. The highest BCUT2D eigenvalue weighted by atomic mass is 19.4. The largest absolute Gasteiger partial charge is 0.389 e. The second-order valence-electron chi connectivity index (χ2n) is 5.07. The summed E-state index contributed by atoms with van der Waals surface area (Å²) in [7, 11) is 0. The van der Waals surface area contributed by atoms with Crippen LogP contribution in [0.15, 0.2) is 54.6 Å². The summed E-state index contributed by atoms with van der Waals surface area (Å²) in [5.74, 6) is -0.685. The molecule has 1 unspecified atom stereocenters. The molecule has 0 fully saturated rings. The number of halogens is 3. The molecule has 23 heavy (non-hydrogen) atoms. The van der Waals surface area contributed by atoms with Gasteiger partial charge < -0.3 is 10.4 Å². The number of aryl methyl sites for hydroxylation is 1. The van der Waals surface area contributed by atoms with Gasteiger partial charge in [-0.25, -0.2) is 0 Å². The van der Waals surface area contributed by atoms with Crippen molar-refractivity contribution >= 4 is 11.6 Å². The van der Waals surface area contributed by atoms with Gasteiger partial charge in [0.1, 0.15) is 0 Å². The number of amides is 1. The van der Waals surface area contributed by atoms with E-state index in [0.717, 1.165) is 0 Å². The summed E-state index contributed by atoms with van der Waals surface area (Å²) < 4.78 is 37.1. The highest BCUT2D eigenvalue weighted by Gasteiger charge is 2.27. The monoisotopic (exact) mass is 323 g/mol. The van der Waals surface area contributed by atoms with Gasteiger partial charge in [-0.1, -0.05) is 48.5 Å². The summed E-state index contributed by atoms with van der Waals surface area (Å²) >= 11 is 0. The van der Waals surface area contributed by atoms with Gasteiger partial charge in [-0.15, -0.1) is 0 Å². The molecule has 1 atom stereocenters. The third-order valence-electron chi connectivity index (χ3n) is 3.32. The molecule has 1 amide bonds. The first-order valence-electron chi connectivity index (χ1n) is 7.05. The average Bonchev–Trinajstić information content (AvgIpc) is 2.53. The molecule has 0 aliphatic rings. The molecule has 2 rings (SSSR count). The van der Waals surface area contributed by atoms with Gasteiger partial charge in [0.05, 0.1) is 0 Å². The summed E-state index contributed by atoms with van der Waals surface area (Å²) in [6, 6.07) is 14.6. The van der Waals surface area contributed by atoms with Crippen LogP contribution in [0.1, 0.15) is 23.7 Å². The number of rotatable bonds is 5. The van der Waals surface area contributed by atoms with Crippen LogP contribution >= 0.6 is 0 Å². The summed E-state index contributed by atoms with van der Waals surface area (Å²) in [4.78, 5) is 12.1. The maximum Gasteiger partial charge on any atom is 0.389 e. The molecule has 0 aromatic heterocycles. The van der Waals surface area contributed by atoms with Gasteiger partial charge in [0.2, 0.25) is 0 Å². The Bertz CT molecular complexity index is 656. The summed E-state index contributed by atoms with van der Waals surface area (Å²) in [5, 5.41) is 12.5. The van der Waals surface area contributed by atoms with E-state index in [-0.39, 0.29) is 12.1 Å². The predicted molar refractivity (Wildman–Crippen MR) is 80.8 cm³/mol. The molecular weight excluding hydrogens is 307 g/mol. The zero-order chi connectivity index (χ0) is 16.9. The molecule has 2 aromatic carbocycles. The minimum absolute atomic E-state index is 0.235. The lowest BCUT2D eigenvalue weighted by Gasteiger charge is -2.15. The van der Waals surface area contributed by atoms with Crippen molar-refractivity contribution in [2.75, 3.05) is 5.32 Å². The normalized spacial score (nSPS) is 12.7. The number of carbonyl (C=O) groups excluding carboxylic acids is 1. The first-order valence-corrected chi connectivity index (χ1v) is 7.05. The molecule has 0 saturated heterocycles. The standard InChI is InChI=1S/C17H16F3NO2/c18-17(19,20)11-10-12-6-4-5-9-14(12)21-16(23)15(22)13-7-2-1-3-8-13/h1-9,15,22H,10-11H2,(H,21,23). The minimum Gasteiger partial charge on any atom is -0.378 e. The number of alkyl halides is 3. The van der Waals surface area contributed by atoms with E-state index < -0.39 is 24.6 Å². The lowest BCUT2D eigenvalue weighted by atomic mass is 10.1. The van der Waals surface area contributed by atoms with Crippen LogP contribution in [0, 0.1) is 0 Å². The van der Waals surface area contributed by atoms with Crippen molar-refractivity contribution in [1.29, 1.82) is 0 Å². The Morgan fingerprint density at radius 1 is 1.04 bits per heavy atom. The lowest BCUT2D eigenvalue weighted by Crippen LogP contribution is -2.21. The Kier molecular flexibility index (Phi) is 5.39. The van der Waals surface area contributed by atoms with Crippen molar-refractivity contribution in [1.82, 2.24) is 0 Å². The Morgan fingerprint density at radius 3 is 2.30 bits per heavy atom. The van der Waals surface area contributed by atoms with Crippen LogP contribution in [0.25, 0.3) is 0 Å². The Morgan fingerprint density at radius 2 is 1.65 bits per heavy atom. The van der Waals surface area contributed by atoms with Crippen molar-refractivity contribution in [3.05, 3.63) is 65.7 Å². The summed E-state index contributed by atoms with van der Waals surface area (Å²) in [6.07, 6.45) is -6.85. The van der Waals surface area contributed by atoms with Gasteiger partial charge in [-0.2, -0.15) is 13.2 Å². The van der Waals surface area contributed by atoms with Crippen molar-refractivity contribution in [2.24, 2.45) is 0 Å². The number of hydrogen-bond acceptors (Lipinski definition) is 2. The van der Waals surface area contributed by atoms with E-state index in [1.807, 2.05) is 0 Å². The van der Waals surface area contributed by atoms with Gasteiger partial charge >= 0.3 is 6.18 Å². The first kappa shape index (κ1) is 17.0. The fourth-order valence-corrected chi connectivity index (χ4v) is 2.12. The molecule has 0 spiro atoms. The lowest BCUT2D eigenvalue weighted by molar-refractivity contribution is -0.133. The molecular formula is C17H16F3NO2. The number of hydrogen-bond donors (Lipinski definition) is 2. The third kappa shape index (κ3) is 5.10. The van der Waals surface area contributed by atoms with Crippen LogP contribution < -0.4 is 5.32 Å². The molecule has 0 heterocycles. The average molecular weight is 323 g/mol. The number of aliphatic hydroxyl groups excluding tert-OH is 1. The zero-order valence-electron chi connectivity index (χ0n) is 12.2. The third-order valence-corrected chi connectivity index (χ3v) is 3.32. The fourth-order valence-electron chi connectivity index (χ4n) is 2.12. The number of carbonyl (C=O) groups is 1. The molecule has 0 radical (unpaired) electrons. The molecule has 122 valence electrons. The van der Waals surface area contributed by atoms with E-state index in [2.05, 4.69) is 5.32 Å². The molecule has 0 bridgehead atoms. The Hall–Kier alpha value is -2.34. The van der Waals surface area contributed by atoms with Crippen LogP contribution in [-0.4, -0.2) is 17.2 Å². The van der Waals surface area contributed by atoms with Gasteiger partial charge in [0, 0.05) is 12.1 Å². The second-order valence-corrected chi connectivity index (χ2v) is 5.07. The van der Waals surface area contributed by atoms with E-state index in [4.69, 9.17) is 0 Å².